The lowest BCUT2D eigenvalue weighted by molar-refractivity contribution is 0.398. The van der Waals surface area contributed by atoms with Gasteiger partial charge < -0.3 is 10.1 Å². The van der Waals surface area contributed by atoms with Crippen molar-refractivity contribution in [3.8, 4) is 11.9 Å². The summed E-state index contributed by atoms with van der Waals surface area (Å²) in [7, 11) is 1.57. The van der Waals surface area contributed by atoms with E-state index in [0.717, 1.165) is 11.3 Å². The Kier molecular flexibility index (Phi) is 3.72. The third kappa shape index (κ3) is 2.74. The first-order valence-electron chi connectivity index (χ1n) is 5.41. The molecule has 2 heterocycles. The molecule has 2 aromatic heterocycles. The zero-order valence-electron chi connectivity index (χ0n) is 9.92. The Morgan fingerprint density at radius 3 is 2.89 bits per heavy atom. The number of pyridine rings is 2. The van der Waals surface area contributed by atoms with Crippen molar-refractivity contribution in [2.75, 3.05) is 12.4 Å². The molecule has 0 aromatic carbocycles. The molecule has 1 N–H and O–H groups in total. The van der Waals surface area contributed by atoms with Crippen LogP contribution in [0.1, 0.15) is 11.3 Å². The lowest BCUT2D eigenvalue weighted by atomic mass is 10.2. The molecule has 0 aliphatic carbocycles. The van der Waals surface area contributed by atoms with Gasteiger partial charge in [-0.15, -0.1) is 0 Å². The van der Waals surface area contributed by atoms with Gasteiger partial charge in [-0.3, -0.25) is 0 Å². The van der Waals surface area contributed by atoms with E-state index in [2.05, 4.69) is 21.4 Å². The van der Waals surface area contributed by atoms with Crippen molar-refractivity contribution < 1.29 is 4.74 Å². The van der Waals surface area contributed by atoms with Crippen molar-refractivity contribution in [2.24, 2.45) is 0 Å². The molecular weight excluding hydrogens is 228 g/mol. The lowest BCUT2D eigenvalue weighted by Crippen LogP contribution is -2.03. The molecule has 5 heteroatoms. The quantitative estimate of drug-likeness (QED) is 0.884. The van der Waals surface area contributed by atoms with E-state index in [-0.39, 0.29) is 0 Å². The van der Waals surface area contributed by atoms with Gasteiger partial charge in [0.25, 0.3) is 0 Å². The van der Waals surface area contributed by atoms with Crippen molar-refractivity contribution in [1.29, 1.82) is 5.26 Å². The van der Waals surface area contributed by atoms with E-state index >= 15 is 0 Å². The summed E-state index contributed by atoms with van der Waals surface area (Å²) in [6, 6.07) is 9.39. The number of anilines is 1. The normalized spacial score (nSPS) is 9.56. The Hall–Kier alpha value is -2.61. The van der Waals surface area contributed by atoms with Crippen molar-refractivity contribution in [3.05, 3.63) is 47.9 Å². The summed E-state index contributed by atoms with van der Waals surface area (Å²) in [5.74, 6) is 0.569. The second-order valence-corrected chi connectivity index (χ2v) is 3.57. The smallest absolute Gasteiger partial charge is 0.213 e. The van der Waals surface area contributed by atoms with Crippen molar-refractivity contribution in [2.45, 2.75) is 6.54 Å². The largest absolute Gasteiger partial charge is 0.481 e. The second-order valence-electron chi connectivity index (χ2n) is 3.57. The standard InChI is InChI=1S/C13H12N4O/c1-18-13-5-4-11(9-17-13)16-8-10-3-2-6-15-12(10)7-14/h2-6,9,16H,8H2,1H3. The van der Waals surface area contributed by atoms with Crippen LogP contribution in [-0.4, -0.2) is 17.1 Å². The maximum absolute atomic E-state index is 8.91. The second kappa shape index (κ2) is 5.64. The Balaban J connectivity index is 2.05. The number of ether oxygens (including phenoxy) is 1. The highest BCUT2D eigenvalue weighted by Gasteiger charge is 2.02. The monoisotopic (exact) mass is 240 g/mol. The lowest BCUT2D eigenvalue weighted by Gasteiger charge is -2.07. The third-order valence-electron chi connectivity index (χ3n) is 2.43. The van der Waals surface area contributed by atoms with Gasteiger partial charge in [0, 0.05) is 24.4 Å². The molecule has 5 nitrogen and oxygen atoms in total. The van der Waals surface area contributed by atoms with Crippen LogP contribution in [0.15, 0.2) is 36.7 Å². The van der Waals surface area contributed by atoms with Crippen LogP contribution in [0.4, 0.5) is 5.69 Å². The van der Waals surface area contributed by atoms with Crippen LogP contribution < -0.4 is 10.1 Å². The van der Waals surface area contributed by atoms with E-state index in [4.69, 9.17) is 10.00 Å². The molecule has 0 spiro atoms. The maximum Gasteiger partial charge on any atom is 0.213 e. The van der Waals surface area contributed by atoms with Crippen LogP contribution in [-0.2, 0) is 6.54 Å². The van der Waals surface area contributed by atoms with Crippen LogP contribution in [0, 0.1) is 11.3 Å². The number of methoxy groups -OCH3 is 1. The summed E-state index contributed by atoms with van der Waals surface area (Å²) in [5, 5.41) is 12.1. The van der Waals surface area contributed by atoms with Crippen LogP contribution >= 0.6 is 0 Å². The van der Waals surface area contributed by atoms with Crippen LogP contribution in [0.5, 0.6) is 5.88 Å². The van der Waals surface area contributed by atoms with E-state index < -0.39 is 0 Å². The minimum atomic E-state index is 0.437. The summed E-state index contributed by atoms with van der Waals surface area (Å²) in [6.45, 7) is 0.532. The molecule has 2 rings (SSSR count). The molecule has 90 valence electrons. The first kappa shape index (κ1) is 11.9. The van der Waals surface area contributed by atoms with Crippen LogP contribution in [0.3, 0.4) is 0 Å². The molecule has 0 aliphatic heterocycles. The van der Waals surface area contributed by atoms with Gasteiger partial charge in [-0.05, 0) is 12.1 Å². The molecule has 0 amide bonds. The summed E-state index contributed by atoms with van der Waals surface area (Å²) < 4.78 is 4.98. The first-order chi connectivity index (χ1) is 8.83. The van der Waals surface area contributed by atoms with Gasteiger partial charge in [-0.25, -0.2) is 9.97 Å². The van der Waals surface area contributed by atoms with Gasteiger partial charge in [-0.2, -0.15) is 5.26 Å². The zero-order chi connectivity index (χ0) is 12.8. The zero-order valence-corrected chi connectivity index (χ0v) is 9.92. The molecule has 0 atom stereocenters. The fourth-order valence-corrected chi connectivity index (χ4v) is 1.48. The molecule has 0 bridgehead atoms. The number of hydrogen-bond acceptors (Lipinski definition) is 5. The van der Waals surface area contributed by atoms with Gasteiger partial charge in [0.15, 0.2) is 0 Å². The summed E-state index contributed by atoms with van der Waals surface area (Å²) in [4.78, 5) is 8.09. The highest BCUT2D eigenvalue weighted by molar-refractivity contribution is 5.44. The number of nitriles is 1. The molecule has 0 saturated carbocycles. The van der Waals surface area contributed by atoms with Crippen molar-refractivity contribution >= 4 is 5.69 Å². The van der Waals surface area contributed by atoms with Crippen LogP contribution in [0.25, 0.3) is 0 Å². The van der Waals surface area contributed by atoms with Gasteiger partial charge >= 0.3 is 0 Å². The molecule has 0 fully saturated rings. The molecule has 0 saturated heterocycles. The molecule has 0 radical (unpaired) electrons. The summed E-state index contributed by atoms with van der Waals surface area (Å²) in [5.41, 5.74) is 2.16. The Morgan fingerprint density at radius 1 is 1.33 bits per heavy atom. The number of hydrogen-bond donors (Lipinski definition) is 1. The SMILES string of the molecule is COc1ccc(NCc2cccnc2C#N)cn1. The van der Waals surface area contributed by atoms with E-state index in [1.165, 1.54) is 0 Å². The molecule has 0 unspecified atom stereocenters. The van der Waals surface area contributed by atoms with E-state index in [0.29, 0.717) is 18.1 Å². The predicted molar refractivity (Wildman–Crippen MR) is 67.1 cm³/mol. The van der Waals surface area contributed by atoms with Gasteiger partial charge in [0.1, 0.15) is 11.8 Å². The van der Waals surface area contributed by atoms with Crippen LogP contribution in [0.2, 0.25) is 0 Å². The van der Waals surface area contributed by atoms with E-state index in [1.54, 1.807) is 25.6 Å². The molecule has 0 aliphatic rings. The number of aromatic nitrogens is 2. The molecular formula is C13H12N4O. The number of rotatable bonds is 4. The predicted octanol–water partition coefficient (Wildman–Crippen LogP) is 1.97. The van der Waals surface area contributed by atoms with Gasteiger partial charge in [-0.1, -0.05) is 6.07 Å². The highest BCUT2D eigenvalue weighted by Crippen LogP contribution is 2.13. The third-order valence-corrected chi connectivity index (χ3v) is 2.43. The topological polar surface area (TPSA) is 70.8 Å². The average Bonchev–Trinajstić information content (AvgIpc) is 2.46. The Morgan fingerprint density at radius 2 is 2.22 bits per heavy atom. The van der Waals surface area contributed by atoms with Crippen molar-refractivity contribution in [3.63, 3.8) is 0 Å². The van der Waals surface area contributed by atoms with Gasteiger partial charge in [0.2, 0.25) is 5.88 Å². The number of nitrogens with one attached hydrogen (secondary N) is 1. The fourth-order valence-electron chi connectivity index (χ4n) is 1.48. The van der Waals surface area contributed by atoms with Gasteiger partial charge in [0.05, 0.1) is 19.0 Å². The highest BCUT2D eigenvalue weighted by atomic mass is 16.5. The maximum atomic E-state index is 8.91. The molecule has 2 aromatic rings. The Bertz CT molecular complexity index is 560. The summed E-state index contributed by atoms with van der Waals surface area (Å²) in [6.07, 6.45) is 3.29. The fraction of sp³-hybridized carbons (Fsp3) is 0.154. The summed E-state index contributed by atoms with van der Waals surface area (Å²) >= 11 is 0. The minimum Gasteiger partial charge on any atom is -0.481 e. The van der Waals surface area contributed by atoms with E-state index in [1.807, 2.05) is 18.2 Å². The Labute approximate surface area is 105 Å². The number of nitrogens with zero attached hydrogens (tertiary/aromatic N) is 3. The average molecular weight is 240 g/mol. The first-order valence-corrected chi connectivity index (χ1v) is 5.41. The van der Waals surface area contributed by atoms with Crippen molar-refractivity contribution in [1.82, 2.24) is 9.97 Å². The van der Waals surface area contributed by atoms with E-state index in [9.17, 15) is 0 Å². The minimum absolute atomic E-state index is 0.437. The molecule has 18 heavy (non-hydrogen) atoms.